The van der Waals surface area contributed by atoms with Crippen molar-refractivity contribution in [3.05, 3.63) is 76.3 Å². The number of carbonyl (C=O) groups is 1. The van der Waals surface area contributed by atoms with E-state index in [4.69, 9.17) is 32.7 Å². The summed E-state index contributed by atoms with van der Waals surface area (Å²) in [5.41, 5.74) is 0.914. The van der Waals surface area contributed by atoms with Gasteiger partial charge in [-0.05, 0) is 42.5 Å². The van der Waals surface area contributed by atoms with E-state index in [0.717, 1.165) is 4.31 Å². The summed E-state index contributed by atoms with van der Waals surface area (Å²) in [6, 6.07) is 16.0. The number of benzene rings is 3. The van der Waals surface area contributed by atoms with Crippen LogP contribution in [0.3, 0.4) is 0 Å². The minimum absolute atomic E-state index is 0.117. The maximum atomic E-state index is 13.4. The first kappa shape index (κ1) is 21.3. The van der Waals surface area contributed by atoms with Crippen molar-refractivity contribution < 1.29 is 22.7 Å². The van der Waals surface area contributed by atoms with Crippen LogP contribution in [0.1, 0.15) is 10.4 Å². The van der Waals surface area contributed by atoms with Crippen molar-refractivity contribution >= 4 is 50.5 Å². The first-order valence-electron chi connectivity index (χ1n) is 9.00. The Labute approximate surface area is 189 Å². The molecule has 0 aromatic heterocycles. The van der Waals surface area contributed by atoms with Gasteiger partial charge in [0.25, 0.3) is 15.9 Å². The van der Waals surface area contributed by atoms with E-state index in [2.05, 4.69) is 5.32 Å². The number of para-hydroxylation sites is 1. The molecule has 31 heavy (non-hydrogen) atoms. The van der Waals surface area contributed by atoms with Crippen molar-refractivity contribution in [1.82, 2.24) is 0 Å². The Morgan fingerprint density at radius 3 is 2.55 bits per heavy atom. The number of fused-ring (bicyclic) bond motifs is 1. The summed E-state index contributed by atoms with van der Waals surface area (Å²) in [6.07, 6.45) is 0. The van der Waals surface area contributed by atoms with E-state index in [1.165, 1.54) is 37.4 Å². The first-order chi connectivity index (χ1) is 14.8. The van der Waals surface area contributed by atoms with Crippen LogP contribution in [-0.4, -0.2) is 28.2 Å². The van der Waals surface area contributed by atoms with Crippen LogP contribution in [0.15, 0.2) is 65.6 Å². The van der Waals surface area contributed by atoms with E-state index < -0.39 is 15.9 Å². The number of methoxy groups -OCH3 is 1. The summed E-state index contributed by atoms with van der Waals surface area (Å²) in [7, 11) is -2.77. The maximum absolute atomic E-state index is 13.4. The van der Waals surface area contributed by atoms with E-state index in [1.807, 2.05) is 6.07 Å². The molecule has 0 saturated carbocycles. The molecule has 0 spiro atoms. The predicted molar refractivity (Wildman–Crippen MR) is 119 cm³/mol. The van der Waals surface area contributed by atoms with Gasteiger partial charge in [-0.3, -0.25) is 4.79 Å². The van der Waals surface area contributed by atoms with Gasteiger partial charge < -0.3 is 14.8 Å². The molecule has 0 saturated heterocycles. The van der Waals surface area contributed by atoms with Gasteiger partial charge in [0.2, 0.25) is 0 Å². The van der Waals surface area contributed by atoms with E-state index >= 15 is 0 Å². The molecule has 3 aromatic carbocycles. The first-order valence-corrected chi connectivity index (χ1v) is 11.2. The Balaban J connectivity index is 1.74. The molecule has 0 aliphatic carbocycles. The Morgan fingerprint density at radius 1 is 1.10 bits per heavy atom. The third-order valence-corrected chi connectivity index (χ3v) is 6.88. The van der Waals surface area contributed by atoms with Gasteiger partial charge in [-0.1, -0.05) is 41.4 Å². The fourth-order valence-corrected chi connectivity index (χ4v) is 5.14. The smallest absolute Gasteiger partial charge is 0.270 e. The molecule has 1 amide bonds. The highest BCUT2D eigenvalue weighted by atomic mass is 35.5. The summed E-state index contributed by atoms with van der Waals surface area (Å²) in [6.45, 7) is -0.309. The minimum Gasteiger partial charge on any atom is -0.495 e. The van der Waals surface area contributed by atoms with Crippen molar-refractivity contribution in [1.29, 1.82) is 0 Å². The number of carbonyl (C=O) groups excluding carboxylic acids is 1. The number of hydrogen-bond donors (Lipinski definition) is 1. The van der Waals surface area contributed by atoms with Gasteiger partial charge in [-0.25, -0.2) is 12.7 Å². The van der Waals surface area contributed by atoms with Crippen molar-refractivity contribution in [2.45, 2.75) is 4.90 Å². The van der Waals surface area contributed by atoms with Crippen molar-refractivity contribution in [3.8, 4) is 11.5 Å². The molecular formula is C21H16Cl2N2O5S. The zero-order valence-corrected chi connectivity index (χ0v) is 18.5. The second-order valence-electron chi connectivity index (χ2n) is 6.55. The molecule has 1 aliphatic heterocycles. The fourth-order valence-electron chi connectivity index (χ4n) is 3.13. The second-order valence-corrected chi connectivity index (χ2v) is 9.22. The van der Waals surface area contributed by atoms with Crippen molar-refractivity contribution in [2.24, 2.45) is 0 Å². The van der Waals surface area contributed by atoms with Gasteiger partial charge in [-0.15, -0.1) is 0 Å². The third-order valence-electron chi connectivity index (χ3n) is 4.61. The van der Waals surface area contributed by atoms with Crippen LogP contribution in [0.2, 0.25) is 10.0 Å². The number of ether oxygens (including phenoxy) is 2. The Kier molecular flexibility index (Phi) is 5.70. The fraction of sp³-hybridized carbons (Fsp3) is 0.0952. The van der Waals surface area contributed by atoms with Crippen LogP contribution < -0.4 is 19.1 Å². The third kappa shape index (κ3) is 4.01. The number of rotatable bonds is 5. The minimum atomic E-state index is -4.13. The zero-order valence-electron chi connectivity index (χ0n) is 16.1. The average Bonchev–Trinajstić information content (AvgIpc) is 3.20. The molecule has 10 heteroatoms. The van der Waals surface area contributed by atoms with Gasteiger partial charge in [0.1, 0.15) is 10.6 Å². The molecule has 3 aromatic rings. The number of nitrogens with zero attached hydrogens (tertiary/aromatic N) is 1. The zero-order chi connectivity index (χ0) is 22.2. The molecule has 1 N–H and O–H groups in total. The second kappa shape index (κ2) is 8.30. The van der Waals surface area contributed by atoms with E-state index in [0.29, 0.717) is 5.69 Å². The Bertz CT molecular complexity index is 1270. The molecule has 0 fully saturated rings. The molecule has 0 unspecified atom stereocenters. The molecule has 160 valence electrons. The normalized spacial score (nSPS) is 12.8. The highest BCUT2D eigenvalue weighted by molar-refractivity contribution is 7.93. The lowest BCUT2D eigenvalue weighted by Crippen LogP contribution is -2.30. The maximum Gasteiger partial charge on any atom is 0.270 e. The van der Waals surface area contributed by atoms with E-state index in [9.17, 15) is 13.2 Å². The molecule has 1 heterocycles. The Hall–Kier alpha value is -2.94. The van der Waals surface area contributed by atoms with Crippen molar-refractivity contribution in [3.63, 3.8) is 0 Å². The van der Waals surface area contributed by atoms with Gasteiger partial charge in [0.05, 0.1) is 17.8 Å². The predicted octanol–water partition coefficient (Wildman–Crippen LogP) is 4.80. The summed E-state index contributed by atoms with van der Waals surface area (Å²) in [5.74, 6) is -0.148. The number of nitrogens with one attached hydrogen (secondary N) is 1. The van der Waals surface area contributed by atoms with Crippen LogP contribution in [0, 0.1) is 0 Å². The largest absolute Gasteiger partial charge is 0.495 e. The SMILES string of the molecule is COc1ccc(Cl)cc1S(=O)(=O)N1COc2c(Cl)cc(C(=O)Nc3ccccc3)cc21. The van der Waals surface area contributed by atoms with Crippen LogP contribution in [-0.2, 0) is 10.0 Å². The highest BCUT2D eigenvalue weighted by Crippen LogP contribution is 2.44. The lowest BCUT2D eigenvalue weighted by Gasteiger charge is -2.19. The van der Waals surface area contributed by atoms with Gasteiger partial charge >= 0.3 is 0 Å². The number of sulfonamides is 1. The molecule has 0 bridgehead atoms. The molecule has 0 radical (unpaired) electrons. The van der Waals surface area contributed by atoms with E-state index in [-0.39, 0.29) is 44.4 Å². The van der Waals surface area contributed by atoms with Crippen LogP contribution in [0.5, 0.6) is 11.5 Å². The van der Waals surface area contributed by atoms with Gasteiger partial charge in [0.15, 0.2) is 12.5 Å². The number of halogens is 2. The molecule has 1 aliphatic rings. The highest BCUT2D eigenvalue weighted by Gasteiger charge is 2.36. The number of anilines is 2. The average molecular weight is 479 g/mol. The quantitative estimate of drug-likeness (QED) is 0.569. The monoisotopic (exact) mass is 478 g/mol. The van der Waals surface area contributed by atoms with Crippen LogP contribution in [0.25, 0.3) is 0 Å². The van der Waals surface area contributed by atoms with Crippen molar-refractivity contribution in [2.75, 3.05) is 23.5 Å². The van der Waals surface area contributed by atoms with Crippen LogP contribution in [0.4, 0.5) is 11.4 Å². The summed E-state index contributed by atoms with van der Waals surface area (Å²) < 4.78 is 38.5. The lowest BCUT2D eigenvalue weighted by atomic mass is 10.1. The van der Waals surface area contributed by atoms with Crippen LogP contribution >= 0.6 is 23.2 Å². The van der Waals surface area contributed by atoms with Gasteiger partial charge in [0, 0.05) is 16.3 Å². The lowest BCUT2D eigenvalue weighted by molar-refractivity contribution is 0.102. The summed E-state index contributed by atoms with van der Waals surface area (Å²) >= 11 is 12.3. The number of amides is 1. The molecule has 4 rings (SSSR count). The molecule has 0 atom stereocenters. The van der Waals surface area contributed by atoms with E-state index in [1.54, 1.807) is 24.3 Å². The number of hydrogen-bond acceptors (Lipinski definition) is 5. The standard InChI is InChI=1S/C21H16Cl2N2O5S/c1-29-18-8-7-14(22)11-19(18)31(27,28)25-12-30-20-16(23)9-13(10-17(20)25)21(26)24-15-5-3-2-4-6-15/h2-11H,12H2,1H3,(H,24,26). The molecule has 7 nitrogen and oxygen atoms in total. The topological polar surface area (TPSA) is 84.9 Å². The summed E-state index contributed by atoms with van der Waals surface area (Å²) in [4.78, 5) is 12.6. The summed E-state index contributed by atoms with van der Waals surface area (Å²) in [5, 5.41) is 3.09. The Morgan fingerprint density at radius 2 is 1.84 bits per heavy atom. The molecular weight excluding hydrogens is 463 g/mol. The van der Waals surface area contributed by atoms with Gasteiger partial charge in [-0.2, -0.15) is 0 Å².